The summed E-state index contributed by atoms with van der Waals surface area (Å²) in [5, 5.41) is 5.00. The van der Waals surface area contributed by atoms with Gasteiger partial charge in [-0.15, -0.1) is 0 Å². The van der Waals surface area contributed by atoms with Gasteiger partial charge < -0.3 is 24.8 Å². The first-order valence-electron chi connectivity index (χ1n) is 15.3. The molecule has 0 atom stereocenters. The number of hydrogen-bond acceptors (Lipinski definition) is 0. The minimum Gasteiger partial charge on any atom is -1.00 e. The summed E-state index contributed by atoms with van der Waals surface area (Å²) in [6.45, 7) is 2.05. The van der Waals surface area contributed by atoms with E-state index < -0.39 is 33.0 Å². The molecule has 6 aromatic rings. The molecule has 0 fully saturated rings. The normalized spacial score (nSPS) is 13.7. The van der Waals surface area contributed by atoms with Crippen LogP contribution in [0.1, 0.15) is 33.4 Å². The van der Waals surface area contributed by atoms with Gasteiger partial charge >= 0.3 is 270 Å². The molecule has 0 N–H and O–H groups in total. The van der Waals surface area contributed by atoms with E-state index in [4.69, 9.17) is 0 Å². The maximum Gasteiger partial charge on any atom is -1.00 e. The van der Waals surface area contributed by atoms with Gasteiger partial charge in [-0.05, 0) is 0 Å². The monoisotopic (exact) mass is 738 g/mol. The van der Waals surface area contributed by atoms with E-state index in [9.17, 15) is 13.2 Å². The molecule has 0 aromatic heterocycles. The van der Waals surface area contributed by atoms with Crippen LogP contribution < -0.4 is 28.1 Å². The van der Waals surface area contributed by atoms with Crippen molar-refractivity contribution in [3.63, 3.8) is 0 Å². The Balaban J connectivity index is 0.00000193. The van der Waals surface area contributed by atoms with Gasteiger partial charge in [-0.3, -0.25) is 0 Å². The smallest absolute Gasteiger partial charge is 1.00 e. The number of allylic oxidation sites excluding steroid dienone is 4. The zero-order chi connectivity index (χ0) is 30.7. The van der Waals surface area contributed by atoms with Crippen LogP contribution in [0.3, 0.4) is 0 Å². The molecule has 0 aliphatic heterocycles. The van der Waals surface area contributed by atoms with Crippen LogP contribution in [0, 0.1) is 6.92 Å². The summed E-state index contributed by atoms with van der Waals surface area (Å²) in [7, 11) is 0. The number of benzene rings is 6. The van der Waals surface area contributed by atoms with Gasteiger partial charge in [0, 0.05) is 0 Å². The van der Waals surface area contributed by atoms with Crippen molar-refractivity contribution in [2.45, 2.75) is 23.1 Å². The van der Waals surface area contributed by atoms with Gasteiger partial charge in [0.05, 0.1) is 0 Å². The molecule has 8 rings (SSSR count). The molecule has 0 spiro atoms. The molecule has 232 valence electrons. The predicted octanol–water partition coefficient (Wildman–Crippen LogP) is 4.33. The van der Waals surface area contributed by atoms with Crippen molar-refractivity contribution in [3.8, 4) is 11.1 Å². The molecule has 0 amide bonds. The molecular formula is C41H29Cl2F3Zr. The van der Waals surface area contributed by atoms with Crippen molar-refractivity contribution in [2.24, 2.45) is 0 Å². The number of fused-ring (bicyclic) bond motifs is 8. The van der Waals surface area contributed by atoms with Crippen molar-refractivity contribution in [1.82, 2.24) is 0 Å². The fraction of sp³-hybridized carbons (Fsp3) is 0.0976. The molecule has 0 heterocycles. The van der Waals surface area contributed by atoms with Crippen LogP contribution in [0.4, 0.5) is 13.2 Å². The summed E-state index contributed by atoms with van der Waals surface area (Å²) in [5.74, 6) is 0. The van der Waals surface area contributed by atoms with Crippen LogP contribution in [-0.4, -0.2) is 3.21 Å². The number of alkyl halides is 3. The van der Waals surface area contributed by atoms with E-state index in [0.717, 1.165) is 20.8 Å². The number of hydrogen-bond donors (Lipinski definition) is 0. The van der Waals surface area contributed by atoms with Crippen molar-refractivity contribution in [1.29, 1.82) is 0 Å². The maximum absolute atomic E-state index is 14.1. The molecule has 2 aliphatic carbocycles. The quantitative estimate of drug-likeness (QED) is 0.236. The Morgan fingerprint density at radius 1 is 0.681 bits per heavy atom. The summed E-state index contributed by atoms with van der Waals surface area (Å²) >= 11 is -3.15. The predicted molar refractivity (Wildman–Crippen MR) is 177 cm³/mol. The topological polar surface area (TPSA) is 0 Å². The van der Waals surface area contributed by atoms with Crippen LogP contribution >= 0.6 is 0 Å². The van der Waals surface area contributed by atoms with Gasteiger partial charge in [-0.2, -0.15) is 0 Å². The van der Waals surface area contributed by atoms with E-state index in [1.165, 1.54) is 59.2 Å². The number of rotatable bonds is 4. The average Bonchev–Trinajstić information content (AvgIpc) is 3.73. The second-order valence-corrected chi connectivity index (χ2v) is 18.2. The van der Waals surface area contributed by atoms with E-state index in [0.29, 0.717) is 5.56 Å². The third-order valence-electron chi connectivity index (χ3n) is 9.27. The Labute approximate surface area is 292 Å². The Bertz CT molecular complexity index is 2230. The molecule has 0 bridgehead atoms. The first-order valence-corrected chi connectivity index (χ1v) is 19.1. The van der Waals surface area contributed by atoms with E-state index in [1.54, 1.807) is 6.07 Å². The average molecular weight is 741 g/mol. The number of aryl methyl sites for hydroxylation is 1. The Morgan fingerprint density at radius 3 is 2.09 bits per heavy atom. The SMILES string of the molecule is Cc1ccc([C](c2cccc(C(F)(F)F)c2)=[Zr+2]([c]2cccc3c2c2c(c4ccccc43)-c3ccccc3C2)[CH]2C=CC=C2)cc1.[Cl-].[Cl-]. The molecule has 0 nitrogen and oxygen atoms in total. The minimum atomic E-state index is -4.42. The fourth-order valence-corrected chi connectivity index (χ4v) is 15.5. The second kappa shape index (κ2) is 13.2. The van der Waals surface area contributed by atoms with E-state index in [-0.39, 0.29) is 28.4 Å². The molecule has 0 unspecified atom stereocenters. The third kappa shape index (κ3) is 5.80. The zero-order valence-electron chi connectivity index (χ0n) is 25.5. The molecule has 0 radical (unpaired) electrons. The van der Waals surface area contributed by atoms with Gasteiger partial charge in [-0.1, -0.05) is 0 Å². The van der Waals surface area contributed by atoms with Crippen molar-refractivity contribution < 1.29 is 59.3 Å². The zero-order valence-corrected chi connectivity index (χ0v) is 29.4. The first-order chi connectivity index (χ1) is 21.9. The Morgan fingerprint density at radius 2 is 1.34 bits per heavy atom. The molecule has 47 heavy (non-hydrogen) atoms. The summed E-state index contributed by atoms with van der Waals surface area (Å²) in [4.78, 5) is 0. The van der Waals surface area contributed by atoms with Crippen LogP contribution in [0.5, 0.6) is 0 Å². The first kappa shape index (κ1) is 33.3. The molecule has 2 aliphatic rings. The molecule has 6 heteroatoms. The largest absolute Gasteiger partial charge is 1.00 e. The van der Waals surface area contributed by atoms with E-state index in [2.05, 4.69) is 115 Å². The second-order valence-electron chi connectivity index (χ2n) is 12.0. The van der Waals surface area contributed by atoms with Gasteiger partial charge in [0.2, 0.25) is 0 Å². The molecule has 0 saturated heterocycles. The van der Waals surface area contributed by atoms with E-state index >= 15 is 0 Å². The van der Waals surface area contributed by atoms with Crippen molar-refractivity contribution in [2.75, 3.05) is 0 Å². The number of halogens is 5. The summed E-state index contributed by atoms with van der Waals surface area (Å²) in [5.41, 5.74) is 7.47. The molecular weight excluding hydrogens is 712 g/mol. The van der Waals surface area contributed by atoms with Gasteiger partial charge in [-0.25, -0.2) is 0 Å². The summed E-state index contributed by atoms with van der Waals surface area (Å²) < 4.78 is 45.0. The molecule has 0 saturated carbocycles. The Hall–Kier alpha value is -3.56. The Kier molecular flexibility index (Phi) is 9.33. The third-order valence-corrected chi connectivity index (χ3v) is 17.0. The van der Waals surface area contributed by atoms with Crippen molar-refractivity contribution in [3.05, 3.63) is 173 Å². The summed E-state index contributed by atoms with van der Waals surface area (Å²) in [6.07, 6.45) is 5.17. The van der Waals surface area contributed by atoms with Crippen LogP contribution in [0.2, 0.25) is 3.63 Å². The van der Waals surface area contributed by atoms with Gasteiger partial charge in [0.15, 0.2) is 0 Å². The van der Waals surface area contributed by atoms with Gasteiger partial charge in [0.1, 0.15) is 0 Å². The molecule has 6 aromatic carbocycles. The maximum atomic E-state index is 14.1. The van der Waals surface area contributed by atoms with Crippen LogP contribution in [0.15, 0.2) is 140 Å². The van der Waals surface area contributed by atoms with Crippen molar-refractivity contribution >= 4 is 28.0 Å². The standard InChI is InChI=1S/C21H13.C15H11F3.C5H5.2ClH.Zr/c1-2-8-15-14(7-1)13-20-18-11-4-3-9-16(18)17-10-5-6-12-19(17)21(15)20;1-11-5-7-12(8-6-11)9-13-3-2-4-14(10-13)15(16,17)18;1-2-4-5-3-1;;;/h1-10,12H,13H2;2-8,10H,1H3;1-5H;2*1H;/q;;;;;+2/p-2. The summed E-state index contributed by atoms with van der Waals surface area (Å²) in [6, 6.07) is 38.4. The van der Waals surface area contributed by atoms with Crippen LogP contribution in [-0.2, 0) is 33.9 Å². The van der Waals surface area contributed by atoms with Crippen LogP contribution in [0.25, 0.3) is 32.7 Å². The fourth-order valence-electron chi connectivity index (χ4n) is 7.30. The van der Waals surface area contributed by atoms with Gasteiger partial charge in [0.25, 0.3) is 0 Å². The van der Waals surface area contributed by atoms with E-state index in [1.807, 2.05) is 13.0 Å². The minimum absolute atomic E-state index is 0.